The average Bonchev–Trinajstić information content (AvgIpc) is 2.89. The molecule has 0 saturated carbocycles. The van der Waals surface area contributed by atoms with Crippen LogP contribution < -0.4 is 5.32 Å². The largest absolute Gasteiger partial charge is 0.460 e. The van der Waals surface area contributed by atoms with E-state index in [-0.39, 0.29) is 43.2 Å². The SMILES string of the molecule is CC.CC1(C)CCC(C)(C)c2cc(NC(=O)c3ccc(C(=O)OCCOCCOCCO)cc3)ccc21. The molecule has 1 aliphatic rings. The highest BCUT2D eigenvalue weighted by Gasteiger charge is 2.37. The fraction of sp³-hybridized carbons (Fsp3) is 0.533. The summed E-state index contributed by atoms with van der Waals surface area (Å²) in [6.07, 6.45) is 2.24. The van der Waals surface area contributed by atoms with Crippen molar-refractivity contribution in [1.29, 1.82) is 0 Å². The highest BCUT2D eigenvalue weighted by molar-refractivity contribution is 6.04. The highest BCUT2D eigenvalue weighted by atomic mass is 16.6. The van der Waals surface area contributed by atoms with E-state index >= 15 is 0 Å². The zero-order valence-corrected chi connectivity index (χ0v) is 23.2. The van der Waals surface area contributed by atoms with Gasteiger partial charge in [-0.2, -0.15) is 0 Å². The van der Waals surface area contributed by atoms with Crippen LogP contribution in [-0.2, 0) is 25.0 Å². The van der Waals surface area contributed by atoms with E-state index < -0.39 is 5.97 Å². The smallest absolute Gasteiger partial charge is 0.338 e. The van der Waals surface area contributed by atoms with Crippen LogP contribution in [0.15, 0.2) is 42.5 Å². The molecule has 204 valence electrons. The Labute approximate surface area is 221 Å². The first-order chi connectivity index (χ1) is 17.6. The minimum absolute atomic E-state index is 0.0249. The predicted octanol–water partition coefficient (Wildman–Crippen LogP) is 5.50. The van der Waals surface area contributed by atoms with Crippen molar-refractivity contribution in [2.24, 2.45) is 0 Å². The summed E-state index contributed by atoms with van der Waals surface area (Å²) >= 11 is 0. The van der Waals surface area contributed by atoms with Crippen molar-refractivity contribution in [2.45, 2.75) is 65.2 Å². The summed E-state index contributed by atoms with van der Waals surface area (Å²) < 4.78 is 15.6. The lowest BCUT2D eigenvalue weighted by atomic mass is 9.63. The molecular formula is C30H43NO6. The Bertz CT molecular complexity index is 1010. The second-order valence-corrected chi connectivity index (χ2v) is 10.1. The van der Waals surface area contributed by atoms with Gasteiger partial charge in [0.2, 0.25) is 0 Å². The molecule has 37 heavy (non-hydrogen) atoms. The van der Waals surface area contributed by atoms with Gasteiger partial charge in [-0.25, -0.2) is 4.79 Å². The standard InChI is InChI=1S/C28H37NO6.C2H6/c1-27(2)11-12-28(3,4)24-19-22(9-10-23(24)27)29-25(31)20-5-7-21(8-6-20)26(32)35-18-17-34-16-15-33-14-13-30;1-2/h5-10,19,30H,11-18H2,1-4H3,(H,29,31);1-2H3. The van der Waals surface area contributed by atoms with E-state index in [1.807, 2.05) is 19.9 Å². The average molecular weight is 514 g/mol. The molecule has 0 saturated heterocycles. The molecule has 2 N–H and O–H groups in total. The molecule has 1 amide bonds. The maximum absolute atomic E-state index is 12.8. The summed E-state index contributed by atoms with van der Waals surface area (Å²) in [5, 5.41) is 11.6. The zero-order chi connectivity index (χ0) is 27.5. The van der Waals surface area contributed by atoms with Gasteiger partial charge in [0.1, 0.15) is 6.61 Å². The van der Waals surface area contributed by atoms with E-state index in [1.165, 1.54) is 11.1 Å². The number of fused-ring (bicyclic) bond motifs is 1. The first-order valence-corrected chi connectivity index (χ1v) is 13.1. The molecule has 0 aliphatic heterocycles. The topological polar surface area (TPSA) is 94.1 Å². The number of anilines is 1. The highest BCUT2D eigenvalue weighted by Crippen LogP contribution is 2.46. The Morgan fingerprint density at radius 3 is 1.95 bits per heavy atom. The molecule has 1 aliphatic carbocycles. The summed E-state index contributed by atoms with van der Waals surface area (Å²) in [4.78, 5) is 25.0. The molecule has 0 spiro atoms. The Kier molecular flexibility index (Phi) is 11.8. The van der Waals surface area contributed by atoms with Crippen LogP contribution >= 0.6 is 0 Å². The van der Waals surface area contributed by atoms with Crippen molar-refractivity contribution >= 4 is 17.6 Å². The lowest BCUT2D eigenvalue weighted by Gasteiger charge is -2.42. The summed E-state index contributed by atoms with van der Waals surface area (Å²) in [6, 6.07) is 12.6. The van der Waals surface area contributed by atoms with E-state index in [2.05, 4.69) is 45.1 Å². The van der Waals surface area contributed by atoms with Crippen molar-refractivity contribution in [3.05, 3.63) is 64.7 Å². The second kappa shape index (κ2) is 14.3. The number of amides is 1. The first-order valence-electron chi connectivity index (χ1n) is 13.1. The number of hydrogen-bond acceptors (Lipinski definition) is 6. The number of aliphatic hydroxyl groups excluding tert-OH is 1. The van der Waals surface area contributed by atoms with Gasteiger partial charge in [0.25, 0.3) is 5.91 Å². The molecule has 0 bridgehead atoms. The maximum Gasteiger partial charge on any atom is 0.338 e. The van der Waals surface area contributed by atoms with Crippen LogP contribution in [0, 0.1) is 0 Å². The molecule has 3 rings (SSSR count). The molecular weight excluding hydrogens is 470 g/mol. The van der Waals surface area contributed by atoms with Gasteiger partial charge >= 0.3 is 5.97 Å². The number of ether oxygens (including phenoxy) is 3. The number of carbonyl (C=O) groups is 2. The number of carbonyl (C=O) groups excluding carboxylic acids is 2. The van der Waals surface area contributed by atoms with E-state index in [0.717, 1.165) is 18.5 Å². The normalized spacial score (nSPS) is 15.1. The van der Waals surface area contributed by atoms with Crippen molar-refractivity contribution in [2.75, 3.05) is 45.0 Å². The Hall–Kier alpha value is -2.74. The first kappa shape index (κ1) is 30.5. The second-order valence-electron chi connectivity index (χ2n) is 10.1. The van der Waals surface area contributed by atoms with Crippen LogP contribution in [0.4, 0.5) is 5.69 Å². The van der Waals surface area contributed by atoms with Crippen LogP contribution in [0.3, 0.4) is 0 Å². The van der Waals surface area contributed by atoms with Gasteiger partial charge in [-0.1, -0.05) is 47.6 Å². The van der Waals surface area contributed by atoms with Crippen LogP contribution in [0.2, 0.25) is 0 Å². The van der Waals surface area contributed by atoms with Gasteiger partial charge in [0, 0.05) is 11.3 Å². The van der Waals surface area contributed by atoms with Crippen molar-refractivity contribution in [1.82, 2.24) is 0 Å². The molecule has 2 aromatic carbocycles. The van der Waals surface area contributed by atoms with Gasteiger partial charge in [-0.05, 0) is 71.2 Å². The Morgan fingerprint density at radius 2 is 1.32 bits per heavy atom. The molecule has 0 aromatic heterocycles. The van der Waals surface area contributed by atoms with Crippen LogP contribution in [0.1, 0.15) is 86.2 Å². The molecule has 0 unspecified atom stereocenters. The van der Waals surface area contributed by atoms with Crippen LogP contribution in [0.25, 0.3) is 0 Å². The predicted molar refractivity (Wildman–Crippen MR) is 146 cm³/mol. The van der Waals surface area contributed by atoms with E-state index in [4.69, 9.17) is 19.3 Å². The molecule has 7 nitrogen and oxygen atoms in total. The maximum atomic E-state index is 12.8. The van der Waals surface area contributed by atoms with E-state index in [0.29, 0.717) is 24.3 Å². The van der Waals surface area contributed by atoms with Gasteiger partial charge in [-0.15, -0.1) is 0 Å². The molecule has 2 aromatic rings. The lowest BCUT2D eigenvalue weighted by molar-refractivity contribution is 0.00919. The number of nitrogens with one attached hydrogen (secondary N) is 1. The quantitative estimate of drug-likeness (QED) is 0.305. The molecule has 7 heteroatoms. The summed E-state index contributed by atoms with van der Waals surface area (Å²) in [7, 11) is 0. The minimum Gasteiger partial charge on any atom is -0.460 e. The molecule has 0 heterocycles. The van der Waals surface area contributed by atoms with E-state index in [1.54, 1.807) is 24.3 Å². The van der Waals surface area contributed by atoms with Gasteiger partial charge in [0.15, 0.2) is 0 Å². The molecule has 0 radical (unpaired) electrons. The number of hydrogen-bond donors (Lipinski definition) is 2. The van der Waals surface area contributed by atoms with E-state index in [9.17, 15) is 9.59 Å². The van der Waals surface area contributed by atoms with Crippen LogP contribution in [-0.4, -0.2) is 56.6 Å². The van der Waals surface area contributed by atoms with Crippen LogP contribution in [0.5, 0.6) is 0 Å². The summed E-state index contributed by atoms with van der Waals surface area (Å²) in [6.45, 7) is 14.4. The van der Waals surface area contributed by atoms with Crippen molar-refractivity contribution < 1.29 is 28.9 Å². The van der Waals surface area contributed by atoms with Gasteiger partial charge in [-0.3, -0.25) is 4.79 Å². The molecule has 0 atom stereocenters. The van der Waals surface area contributed by atoms with Gasteiger partial charge in [0.05, 0.1) is 38.6 Å². The number of rotatable bonds is 11. The van der Waals surface area contributed by atoms with Gasteiger partial charge < -0.3 is 24.6 Å². The fourth-order valence-electron chi connectivity index (χ4n) is 4.29. The number of aliphatic hydroxyl groups is 1. The number of esters is 1. The van der Waals surface area contributed by atoms with Crippen molar-refractivity contribution in [3.8, 4) is 0 Å². The monoisotopic (exact) mass is 513 g/mol. The summed E-state index contributed by atoms with van der Waals surface area (Å²) in [5.41, 5.74) is 4.41. The fourth-order valence-corrected chi connectivity index (χ4v) is 4.29. The third kappa shape index (κ3) is 8.66. The number of benzene rings is 2. The third-order valence-electron chi connectivity index (χ3n) is 6.56. The lowest BCUT2D eigenvalue weighted by Crippen LogP contribution is -2.33. The Balaban J connectivity index is 0.00000235. The third-order valence-corrected chi connectivity index (χ3v) is 6.56. The minimum atomic E-state index is -0.475. The summed E-state index contributed by atoms with van der Waals surface area (Å²) in [5.74, 6) is -0.703. The Morgan fingerprint density at radius 1 is 0.784 bits per heavy atom. The molecule has 0 fully saturated rings. The van der Waals surface area contributed by atoms with Crippen molar-refractivity contribution in [3.63, 3.8) is 0 Å². The zero-order valence-electron chi connectivity index (χ0n) is 23.2.